The zero-order valence-corrected chi connectivity index (χ0v) is 43.7. The predicted octanol–water partition coefficient (Wildman–Crippen LogP) is 19.2. The molecule has 0 saturated carbocycles. The van der Waals surface area contributed by atoms with Crippen molar-refractivity contribution >= 4 is 11.9 Å². The maximum absolute atomic E-state index is 12.8. The summed E-state index contributed by atoms with van der Waals surface area (Å²) in [6.45, 7) is 7.57. The second kappa shape index (κ2) is 56.4. The first-order chi connectivity index (χ1) is 32.6. The Balaban J connectivity index is 4.31. The number of carbonyl (C=O) groups is 2. The monoisotopic (exact) mass is 919 g/mol. The molecule has 0 saturated heterocycles. The van der Waals surface area contributed by atoms with Crippen molar-refractivity contribution in [1.82, 2.24) is 0 Å². The summed E-state index contributed by atoms with van der Waals surface area (Å²) in [4.78, 5) is 25.5. The average molecular weight is 920 g/mol. The van der Waals surface area contributed by atoms with Gasteiger partial charge in [-0.1, -0.05) is 247 Å². The highest BCUT2D eigenvalue weighted by molar-refractivity contribution is 5.70. The molecule has 0 amide bonds. The molecule has 0 rings (SSSR count). The Hall–Kier alpha value is -2.92. The number of ether oxygens (including phenoxy) is 3. The number of rotatable bonds is 51. The summed E-state index contributed by atoms with van der Waals surface area (Å²) < 4.78 is 17.4. The van der Waals surface area contributed by atoms with E-state index in [1.165, 1.54) is 128 Å². The Morgan fingerprint density at radius 3 is 1.12 bits per heavy atom. The molecular weight excluding hydrogens is 813 g/mol. The molecule has 380 valence electrons. The summed E-state index contributed by atoms with van der Waals surface area (Å²) in [5.41, 5.74) is 0. The van der Waals surface area contributed by atoms with Gasteiger partial charge in [0, 0.05) is 19.4 Å². The molecule has 0 aliphatic carbocycles. The largest absolute Gasteiger partial charge is 0.462 e. The Morgan fingerprint density at radius 2 is 0.682 bits per heavy atom. The minimum absolute atomic E-state index is 0.0555. The molecule has 5 heteroatoms. The molecule has 0 N–H and O–H groups in total. The fourth-order valence-corrected chi connectivity index (χ4v) is 7.81. The van der Waals surface area contributed by atoms with Crippen LogP contribution in [0, 0.1) is 0 Å². The standard InChI is InChI=1S/C61H106O5/c1-4-7-10-13-16-19-22-25-28-29-30-31-32-35-38-41-44-47-50-53-56-64-57-59(66-61(63)55-52-49-46-43-40-37-34-27-24-21-18-15-12-9-6-3)58-65-60(62)54-51-48-45-42-39-36-33-26-23-20-17-14-11-8-5-2/h8-9,11-12,17-18,20-21,26-27,33-34,39,42,59H,4-7,10,13-16,19,22-25,28-32,35-38,40-41,43-58H2,1-3H3/b11-8-,12-9-,20-17-,21-18-,33-26-,34-27-,42-39-. The van der Waals surface area contributed by atoms with Crippen molar-refractivity contribution in [3.63, 3.8) is 0 Å². The van der Waals surface area contributed by atoms with E-state index >= 15 is 0 Å². The van der Waals surface area contributed by atoms with Crippen LogP contribution < -0.4 is 0 Å². The van der Waals surface area contributed by atoms with Crippen LogP contribution in [0.2, 0.25) is 0 Å². The van der Waals surface area contributed by atoms with Crippen LogP contribution in [0.5, 0.6) is 0 Å². The first-order valence-electron chi connectivity index (χ1n) is 28.1. The zero-order chi connectivity index (χ0) is 47.7. The van der Waals surface area contributed by atoms with Crippen LogP contribution in [-0.2, 0) is 23.8 Å². The predicted molar refractivity (Wildman–Crippen MR) is 288 cm³/mol. The molecule has 0 spiro atoms. The fraction of sp³-hybridized carbons (Fsp3) is 0.738. The molecule has 0 radical (unpaired) electrons. The van der Waals surface area contributed by atoms with Crippen molar-refractivity contribution in [1.29, 1.82) is 0 Å². The summed E-state index contributed by atoms with van der Waals surface area (Å²) >= 11 is 0. The molecule has 0 aromatic heterocycles. The number of hydrogen-bond acceptors (Lipinski definition) is 5. The molecule has 66 heavy (non-hydrogen) atoms. The number of hydrogen-bond donors (Lipinski definition) is 0. The van der Waals surface area contributed by atoms with Crippen LogP contribution in [-0.4, -0.2) is 37.9 Å². The van der Waals surface area contributed by atoms with E-state index in [0.717, 1.165) is 103 Å². The highest BCUT2D eigenvalue weighted by Crippen LogP contribution is 2.16. The van der Waals surface area contributed by atoms with E-state index in [1.54, 1.807) is 0 Å². The number of unbranched alkanes of at least 4 members (excludes halogenated alkanes) is 26. The smallest absolute Gasteiger partial charge is 0.306 e. The lowest BCUT2D eigenvalue weighted by Crippen LogP contribution is -2.30. The molecule has 0 aliphatic heterocycles. The number of allylic oxidation sites excluding steroid dienone is 14. The summed E-state index contributed by atoms with van der Waals surface area (Å²) in [5, 5.41) is 0. The van der Waals surface area contributed by atoms with E-state index in [1.807, 2.05) is 0 Å². The molecule has 0 fully saturated rings. The van der Waals surface area contributed by atoms with Gasteiger partial charge in [0.15, 0.2) is 6.10 Å². The first-order valence-corrected chi connectivity index (χ1v) is 28.1. The second-order valence-corrected chi connectivity index (χ2v) is 18.4. The molecule has 1 atom stereocenters. The van der Waals surface area contributed by atoms with Crippen LogP contribution in [0.15, 0.2) is 85.1 Å². The topological polar surface area (TPSA) is 61.8 Å². The van der Waals surface area contributed by atoms with Gasteiger partial charge in [-0.3, -0.25) is 9.59 Å². The Morgan fingerprint density at radius 1 is 0.348 bits per heavy atom. The summed E-state index contributed by atoms with van der Waals surface area (Å²) in [5.74, 6) is -0.459. The molecule has 0 bridgehead atoms. The third-order valence-corrected chi connectivity index (χ3v) is 11.9. The lowest BCUT2D eigenvalue weighted by Gasteiger charge is -2.18. The molecule has 0 aromatic rings. The van der Waals surface area contributed by atoms with Gasteiger partial charge in [-0.2, -0.15) is 0 Å². The lowest BCUT2D eigenvalue weighted by molar-refractivity contribution is -0.163. The van der Waals surface area contributed by atoms with Crippen molar-refractivity contribution in [3.8, 4) is 0 Å². The first kappa shape index (κ1) is 63.1. The van der Waals surface area contributed by atoms with Crippen molar-refractivity contribution in [2.24, 2.45) is 0 Å². The third kappa shape index (κ3) is 53.7. The molecule has 5 nitrogen and oxygen atoms in total. The molecular formula is C61H106O5. The van der Waals surface area contributed by atoms with Gasteiger partial charge in [0.1, 0.15) is 6.61 Å². The second-order valence-electron chi connectivity index (χ2n) is 18.4. The van der Waals surface area contributed by atoms with Crippen LogP contribution in [0.1, 0.15) is 265 Å². The van der Waals surface area contributed by atoms with E-state index in [4.69, 9.17) is 14.2 Å². The zero-order valence-electron chi connectivity index (χ0n) is 43.7. The van der Waals surface area contributed by atoms with Gasteiger partial charge in [-0.15, -0.1) is 0 Å². The van der Waals surface area contributed by atoms with Crippen LogP contribution in [0.4, 0.5) is 0 Å². The molecule has 0 aromatic carbocycles. The van der Waals surface area contributed by atoms with E-state index in [2.05, 4.69) is 106 Å². The summed E-state index contributed by atoms with van der Waals surface area (Å²) in [7, 11) is 0. The van der Waals surface area contributed by atoms with Crippen LogP contribution >= 0.6 is 0 Å². The van der Waals surface area contributed by atoms with Crippen LogP contribution in [0.3, 0.4) is 0 Å². The number of carbonyl (C=O) groups excluding carboxylic acids is 2. The molecule has 0 aliphatic rings. The van der Waals surface area contributed by atoms with Gasteiger partial charge in [0.05, 0.1) is 6.61 Å². The van der Waals surface area contributed by atoms with E-state index in [0.29, 0.717) is 19.4 Å². The normalized spacial score (nSPS) is 12.8. The Labute approximate surface area is 409 Å². The number of esters is 2. The van der Waals surface area contributed by atoms with Gasteiger partial charge in [-0.25, -0.2) is 0 Å². The molecule has 1 unspecified atom stereocenters. The van der Waals surface area contributed by atoms with Gasteiger partial charge >= 0.3 is 11.9 Å². The van der Waals surface area contributed by atoms with Gasteiger partial charge in [0.25, 0.3) is 0 Å². The highest BCUT2D eigenvalue weighted by Gasteiger charge is 2.17. The summed E-state index contributed by atoms with van der Waals surface area (Å²) in [6.07, 6.45) is 74.7. The quantitative estimate of drug-likeness (QED) is 0.0346. The van der Waals surface area contributed by atoms with E-state index in [-0.39, 0.29) is 25.2 Å². The lowest BCUT2D eigenvalue weighted by atomic mass is 10.0. The Kier molecular flexibility index (Phi) is 53.9. The van der Waals surface area contributed by atoms with Gasteiger partial charge < -0.3 is 14.2 Å². The van der Waals surface area contributed by atoms with Gasteiger partial charge in [-0.05, 0) is 89.9 Å². The van der Waals surface area contributed by atoms with Crippen LogP contribution in [0.25, 0.3) is 0 Å². The van der Waals surface area contributed by atoms with Crippen molar-refractivity contribution in [2.75, 3.05) is 19.8 Å². The Bertz CT molecular complexity index is 1220. The average Bonchev–Trinajstić information content (AvgIpc) is 3.32. The molecule has 0 heterocycles. The maximum atomic E-state index is 12.8. The maximum Gasteiger partial charge on any atom is 0.306 e. The van der Waals surface area contributed by atoms with Crippen molar-refractivity contribution in [2.45, 2.75) is 271 Å². The summed E-state index contributed by atoms with van der Waals surface area (Å²) in [6, 6.07) is 0. The SMILES string of the molecule is CC/C=C\C/C=C\C/C=C\C/C=C\CCCCC(=O)OCC(COCCCCCCCCCCCCCCCCCCCCCC)OC(=O)CCCCCCC/C=C\C/C=C\C/C=C\CC. The fourth-order valence-electron chi connectivity index (χ4n) is 7.81. The minimum Gasteiger partial charge on any atom is -0.462 e. The van der Waals surface area contributed by atoms with E-state index < -0.39 is 6.10 Å². The van der Waals surface area contributed by atoms with Crippen molar-refractivity contribution < 1.29 is 23.8 Å². The van der Waals surface area contributed by atoms with Gasteiger partial charge in [0.2, 0.25) is 0 Å². The minimum atomic E-state index is -0.564. The highest BCUT2D eigenvalue weighted by atomic mass is 16.6. The van der Waals surface area contributed by atoms with E-state index in [9.17, 15) is 9.59 Å². The third-order valence-electron chi connectivity index (χ3n) is 11.9. The van der Waals surface area contributed by atoms with Crippen molar-refractivity contribution in [3.05, 3.63) is 85.1 Å².